The molecular formula is C7H12ClN3O. The molecule has 1 aromatic rings. The molecule has 0 bridgehead atoms. The average Bonchev–Trinajstić information content (AvgIpc) is 2.55. The lowest BCUT2D eigenvalue weighted by Gasteiger charge is -2.13. The Labute approximate surface area is 76.5 Å². The van der Waals surface area contributed by atoms with Gasteiger partial charge in [-0.2, -0.15) is 4.98 Å². The highest BCUT2D eigenvalue weighted by molar-refractivity contribution is 6.16. The topological polar surface area (TPSA) is 42.2 Å². The smallest absolute Gasteiger partial charge is 0.324 e. The molecule has 0 aliphatic rings. The Bertz CT molecular complexity index is 234. The molecular weight excluding hydrogens is 178 g/mol. The van der Waals surface area contributed by atoms with E-state index in [1.165, 1.54) is 0 Å². The highest BCUT2D eigenvalue weighted by atomic mass is 35.5. The Morgan fingerprint density at radius 1 is 1.42 bits per heavy atom. The van der Waals surface area contributed by atoms with Gasteiger partial charge in [0.25, 0.3) is 0 Å². The standard InChI is InChI=1S/C7H12ClN3O/c1-3-11(4-2)7-9-6(5-8)10-12-7/h3-5H2,1-2H3. The van der Waals surface area contributed by atoms with Crippen LogP contribution in [0.2, 0.25) is 0 Å². The van der Waals surface area contributed by atoms with Gasteiger partial charge in [0.05, 0.1) is 5.88 Å². The number of hydrogen-bond acceptors (Lipinski definition) is 4. The van der Waals surface area contributed by atoms with Crippen molar-refractivity contribution in [2.45, 2.75) is 19.7 Å². The average molecular weight is 190 g/mol. The van der Waals surface area contributed by atoms with Crippen molar-refractivity contribution in [2.24, 2.45) is 0 Å². The fourth-order valence-corrected chi connectivity index (χ4v) is 1.03. The normalized spacial score (nSPS) is 10.2. The van der Waals surface area contributed by atoms with Crippen LogP contribution < -0.4 is 4.90 Å². The monoisotopic (exact) mass is 189 g/mol. The molecule has 4 nitrogen and oxygen atoms in total. The van der Waals surface area contributed by atoms with Crippen molar-refractivity contribution in [3.05, 3.63) is 5.82 Å². The van der Waals surface area contributed by atoms with Gasteiger partial charge < -0.3 is 9.42 Å². The number of anilines is 1. The maximum atomic E-state index is 5.53. The molecule has 1 heterocycles. The van der Waals surface area contributed by atoms with E-state index in [0.717, 1.165) is 13.1 Å². The van der Waals surface area contributed by atoms with Crippen LogP contribution in [-0.4, -0.2) is 23.2 Å². The summed E-state index contributed by atoms with van der Waals surface area (Å²) < 4.78 is 4.98. The number of nitrogens with zero attached hydrogens (tertiary/aromatic N) is 3. The maximum absolute atomic E-state index is 5.53. The fraction of sp³-hybridized carbons (Fsp3) is 0.714. The molecule has 0 aliphatic carbocycles. The summed E-state index contributed by atoms with van der Waals surface area (Å²) in [6, 6.07) is 0.552. The van der Waals surface area contributed by atoms with Gasteiger partial charge in [0.1, 0.15) is 0 Å². The minimum Gasteiger partial charge on any atom is -0.325 e. The lowest BCUT2D eigenvalue weighted by Crippen LogP contribution is -2.22. The number of halogens is 1. The number of hydrogen-bond donors (Lipinski definition) is 0. The van der Waals surface area contributed by atoms with Crippen molar-refractivity contribution >= 4 is 17.6 Å². The van der Waals surface area contributed by atoms with Crippen molar-refractivity contribution < 1.29 is 4.52 Å². The van der Waals surface area contributed by atoms with E-state index in [4.69, 9.17) is 16.1 Å². The number of aromatic nitrogens is 2. The zero-order valence-electron chi connectivity index (χ0n) is 7.25. The minimum absolute atomic E-state index is 0.296. The summed E-state index contributed by atoms with van der Waals surface area (Å²) in [7, 11) is 0. The van der Waals surface area contributed by atoms with Crippen LogP contribution in [-0.2, 0) is 5.88 Å². The van der Waals surface area contributed by atoms with Gasteiger partial charge in [-0.05, 0) is 13.8 Å². The number of alkyl halides is 1. The lowest BCUT2D eigenvalue weighted by molar-refractivity contribution is 0.410. The summed E-state index contributed by atoms with van der Waals surface area (Å²) in [5.41, 5.74) is 0. The fourth-order valence-electron chi connectivity index (χ4n) is 0.922. The third-order valence-electron chi connectivity index (χ3n) is 1.61. The Hall–Kier alpha value is -0.770. The SMILES string of the molecule is CCN(CC)c1nc(CCl)no1. The van der Waals surface area contributed by atoms with E-state index >= 15 is 0 Å². The first-order valence-corrected chi connectivity index (χ1v) is 4.48. The van der Waals surface area contributed by atoms with E-state index in [-0.39, 0.29) is 0 Å². The van der Waals surface area contributed by atoms with Crippen LogP contribution in [0.4, 0.5) is 6.01 Å². The molecule has 0 unspecified atom stereocenters. The van der Waals surface area contributed by atoms with Crippen LogP contribution >= 0.6 is 11.6 Å². The molecule has 5 heteroatoms. The first kappa shape index (κ1) is 9.32. The molecule has 1 aromatic heterocycles. The van der Waals surface area contributed by atoms with E-state index in [2.05, 4.69) is 10.1 Å². The van der Waals surface area contributed by atoms with Crippen LogP contribution in [0.25, 0.3) is 0 Å². The summed E-state index contributed by atoms with van der Waals surface area (Å²) in [5, 5.41) is 3.69. The molecule has 0 amide bonds. The Morgan fingerprint density at radius 2 is 2.08 bits per heavy atom. The van der Waals surface area contributed by atoms with Crippen LogP contribution in [0.15, 0.2) is 4.52 Å². The Kier molecular flexibility index (Phi) is 3.34. The molecule has 1 rings (SSSR count). The highest BCUT2D eigenvalue weighted by Crippen LogP contribution is 2.10. The Balaban J connectivity index is 2.72. The summed E-state index contributed by atoms with van der Waals surface area (Å²) in [4.78, 5) is 6.06. The van der Waals surface area contributed by atoms with Crippen molar-refractivity contribution in [1.29, 1.82) is 0 Å². The second kappa shape index (κ2) is 4.30. The molecule has 0 N–H and O–H groups in total. The first-order chi connectivity index (χ1) is 5.81. The molecule has 0 aromatic carbocycles. The van der Waals surface area contributed by atoms with Crippen molar-refractivity contribution in [3.63, 3.8) is 0 Å². The first-order valence-electron chi connectivity index (χ1n) is 3.95. The molecule has 0 saturated heterocycles. The second-order valence-electron chi connectivity index (χ2n) is 2.30. The predicted octanol–water partition coefficient (Wildman–Crippen LogP) is 1.65. The third-order valence-corrected chi connectivity index (χ3v) is 1.85. The van der Waals surface area contributed by atoms with Gasteiger partial charge in [0.2, 0.25) is 0 Å². The van der Waals surface area contributed by atoms with Gasteiger partial charge in [-0.1, -0.05) is 5.16 Å². The summed E-state index contributed by atoms with van der Waals surface area (Å²) in [5.74, 6) is 0.837. The summed E-state index contributed by atoms with van der Waals surface area (Å²) in [6.07, 6.45) is 0. The zero-order chi connectivity index (χ0) is 8.97. The quantitative estimate of drug-likeness (QED) is 0.676. The van der Waals surface area contributed by atoms with Gasteiger partial charge >= 0.3 is 6.01 Å². The molecule has 0 aliphatic heterocycles. The van der Waals surface area contributed by atoms with Gasteiger partial charge in [-0.15, -0.1) is 11.6 Å². The van der Waals surface area contributed by atoms with Crippen LogP contribution in [0, 0.1) is 0 Å². The second-order valence-corrected chi connectivity index (χ2v) is 2.57. The molecule has 0 spiro atoms. The lowest BCUT2D eigenvalue weighted by atomic mass is 10.5. The van der Waals surface area contributed by atoms with Gasteiger partial charge in [0.15, 0.2) is 5.82 Å². The van der Waals surface area contributed by atoms with E-state index in [1.807, 2.05) is 18.7 Å². The molecule has 0 fully saturated rings. The van der Waals surface area contributed by atoms with Crippen molar-refractivity contribution in [1.82, 2.24) is 10.1 Å². The van der Waals surface area contributed by atoms with Crippen LogP contribution in [0.5, 0.6) is 0 Å². The molecule has 0 atom stereocenters. The summed E-state index contributed by atoms with van der Waals surface area (Å²) in [6.45, 7) is 5.79. The molecule has 12 heavy (non-hydrogen) atoms. The van der Waals surface area contributed by atoms with Gasteiger partial charge in [0, 0.05) is 13.1 Å². The van der Waals surface area contributed by atoms with Gasteiger partial charge in [-0.25, -0.2) is 0 Å². The maximum Gasteiger partial charge on any atom is 0.324 e. The molecule has 0 radical (unpaired) electrons. The Morgan fingerprint density at radius 3 is 2.50 bits per heavy atom. The molecule has 68 valence electrons. The molecule has 0 saturated carbocycles. The number of rotatable bonds is 4. The largest absolute Gasteiger partial charge is 0.325 e. The third kappa shape index (κ3) is 1.88. The highest BCUT2D eigenvalue weighted by Gasteiger charge is 2.09. The van der Waals surface area contributed by atoms with E-state index < -0.39 is 0 Å². The zero-order valence-corrected chi connectivity index (χ0v) is 8.01. The van der Waals surface area contributed by atoms with E-state index in [1.54, 1.807) is 0 Å². The van der Waals surface area contributed by atoms with Crippen molar-refractivity contribution in [2.75, 3.05) is 18.0 Å². The van der Waals surface area contributed by atoms with E-state index in [0.29, 0.717) is 17.7 Å². The van der Waals surface area contributed by atoms with Crippen LogP contribution in [0.3, 0.4) is 0 Å². The van der Waals surface area contributed by atoms with E-state index in [9.17, 15) is 0 Å². The predicted molar refractivity (Wildman–Crippen MR) is 47.4 cm³/mol. The van der Waals surface area contributed by atoms with Gasteiger partial charge in [-0.3, -0.25) is 0 Å². The summed E-state index contributed by atoms with van der Waals surface area (Å²) >= 11 is 5.53. The van der Waals surface area contributed by atoms with Crippen molar-refractivity contribution in [3.8, 4) is 0 Å². The van der Waals surface area contributed by atoms with Crippen LogP contribution in [0.1, 0.15) is 19.7 Å². The minimum atomic E-state index is 0.296.